The van der Waals surface area contributed by atoms with Gasteiger partial charge in [0.2, 0.25) is 0 Å². The Morgan fingerprint density at radius 1 is 1.06 bits per heavy atom. The van der Waals surface area contributed by atoms with Crippen molar-refractivity contribution in [1.29, 1.82) is 0 Å². The highest BCUT2D eigenvalue weighted by Crippen LogP contribution is 2.93. The molecule has 0 spiro atoms. The summed E-state index contributed by atoms with van der Waals surface area (Å²) in [6, 6.07) is 0. The summed E-state index contributed by atoms with van der Waals surface area (Å²) in [6.45, 7) is 0.768. The fraction of sp³-hybridized carbons (Fsp3) is 0.375. The molecule has 0 amide bonds. The van der Waals surface area contributed by atoms with Gasteiger partial charge in [-0.3, -0.25) is 0 Å². The Morgan fingerprint density at radius 2 is 1.88 bits per heavy atom. The van der Waals surface area contributed by atoms with Gasteiger partial charge in [-0.15, -0.1) is 0 Å². The van der Waals surface area contributed by atoms with E-state index in [4.69, 9.17) is 4.74 Å². The van der Waals surface area contributed by atoms with Crippen LogP contribution in [0, 0.1) is 22.7 Å². The highest BCUT2D eigenvalue weighted by Gasteiger charge is 2.90. The molecule has 0 radical (unpaired) electrons. The summed E-state index contributed by atoms with van der Waals surface area (Å²) in [6.07, 6.45) is 20.8. The van der Waals surface area contributed by atoms with Gasteiger partial charge < -0.3 is 4.74 Å². The number of hydrogen-bond donors (Lipinski definition) is 0. The quantitative estimate of drug-likeness (QED) is 0.620. The highest BCUT2D eigenvalue weighted by atomic mass is 16.5. The highest BCUT2D eigenvalue weighted by molar-refractivity contribution is 5.62. The minimum absolute atomic E-state index is 0.214. The molecular weight excluding hydrogens is 208 g/mol. The van der Waals surface area contributed by atoms with E-state index in [1.165, 1.54) is 5.57 Å². The monoisotopic (exact) mass is 222 g/mol. The van der Waals surface area contributed by atoms with E-state index in [0.717, 1.165) is 18.4 Å². The molecule has 0 aromatic rings. The molecule has 0 N–H and O–H groups in total. The molecule has 0 aromatic heterocycles. The summed E-state index contributed by atoms with van der Waals surface area (Å²) in [7, 11) is 0. The Labute approximate surface area is 101 Å². The molecule has 2 saturated carbocycles. The molecule has 5 aliphatic carbocycles. The maximum Gasteiger partial charge on any atom is 0.0983 e. The molecule has 2 fully saturated rings. The maximum atomic E-state index is 5.81. The summed E-state index contributed by atoms with van der Waals surface area (Å²) >= 11 is 0. The Balaban J connectivity index is 1.66. The molecule has 0 aromatic carbocycles. The lowest BCUT2D eigenvalue weighted by Gasteiger charge is -2.31. The van der Waals surface area contributed by atoms with Gasteiger partial charge in [-0.05, 0) is 17.4 Å². The van der Waals surface area contributed by atoms with Gasteiger partial charge in [0.05, 0.1) is 12.7 Å². The zero-order valence-electron chi connectivity index (χ0n) is 9.54. The van der Waals surface area contributed by atoms with E-state index in [-0.39, 0.29) is 6.10 Å². The summed E-state index contributed by atoms with van der Waals surface area (Å²) in [5, 5.41) is 0. The standard InChI is InChI=1S/C16H14O/c1-2-9-16-11(12-6-4-10-17-12)5-3-8-15(7-1)13(16)14(15)16/h1-9,12-14H,10H2/t12-,13?,14?,15?,16?/m0/s1. The van der Waals surface area contributed by atoms with Crippen LogP contribution >= 0.6 is 0 Å². The van der Waals surface area contributed by atoms with Crippen LogP contribution in [0.4, 0.5) is 0 Å². The first-order chi connectivity index (χ1) is 8.40. The third-order valence-electron chi connectivity index (χ3n) is 5.24. The molecule has 3 atom stereocenters. The summed E-state index contributed by atoms with van der Waals surface area (Å²) < 4.78 is 5.81. The fourth-order valence-corrected chi connectivity index (χ4v) is 4.53. The van der Waals surface area contributed by atoms with E-state index < -0.39 is 0 Å². The van der Waals surface area contributed by atoms with E-state index >= 15 is 0 Å². The number of rotatable bonds is 1. The molecule has 1 heteroatoms. The molecule has 6 aliphatic rings. The van der Waals surface area contributed by atoms with Crippen molar-refractivity contribution in [2.24, 2.45) is 22.7 Å². The van der Waals surface area contributed by atoms with Crippen molar-refractivity contribution in [2.75, 3.05) is 6.61 Å². The smallest absolute Gasteiger partial charge is 0.0983 e. The van der Waals surface area contributed by atoms with E-state index in [2.05, 4.69) is 54.7 Å². The molecule has 17 heavy (non-hydrogen) atoms. The van der Waals surface area contributed by atoms with E-state index in [1.807, 2.05) is 0 Å². The van der Waals surface area contributed by atoms with Gasteiger partial charge in [-0.1, -0.05) is 54.7 Å². The molecule has 2 bridgehead atoms. The Hall–Kier alpha value is -1.34. The number of ether oxygens (including phenoxy) is 1. The normalized spacial score (nSPS) is 55.1. The van der Waals surface area contributed by atoms with Crippen molar-refractivity contribution in [3.8, 4) is 0 Å². The lowest BCUT2D eigenvalue weighted by atomic mass is 9.74. The van der Waals surface area contributed by atoms with Crippen LogP contribution in [0.25, 0.3) is 0 Å². The Morgan fingerprint density at radius 3 is 2.71 bits per heavy atom. The van der Waals surface area contributed by atoms with Gasteiger partial charge in [-0.25, -0.2) is 0 Å². The van der Waals surface area contributed by atoms with Gasteiger partial charge in [0, 0.05) is 10.8 Å². The van der Waals surface area contributed by atoms with Gasteiger partial charge in [0.1, 0.15) is 0 Å². The molecule has 84 valence electrons. The lowest BCUT2D eigenvalue weighted by Crippen LogP contribution is -2.27. The van der Waals surface area contributed by atoms with Crippen LogP contribution < -0.4 is 0 Å². The largest absolute Gasteiger partial charge is 0.366 e. The SMILES string of the molecule is C1=CC23C=CC=C([C@@H]4C=CCO4)C4(C=C1)C2C34. The van der Waals surface area contributed by atoms with Crippen LogP contribution in [0.5, 0.6) is 0 Å². The Bertz CT molecular complexity index is 548. The second-order valence-corrected chi connectivity index (χ2v) is 5.77. The zero-order valence-corrected chi connectivity index (χ0v) is 9.54. The van der Waals surface area contributed by atoms with Gasteiger partial charge in [0.15, 0.2) is 0 Å². The van der Waals surface area contributed by atoms with Gasteiger partial charge in [-0.2, -0.15) is 0 Å². The Kier molecular flexibility index (Phi) is 1.24. The predicted molar refractivity (Wildman–Crippen MR) is 66.2 cm³/mol. The van der Waals surface area contributed by atoms with Crippen molar-refractivity contribution in [3.05, 3.63) is 60.3 Å². The van der Waals surface area contributed by atoms with Crippen molar-refractivity contribution < 1.29 is 4.74 Å². The first-order valence-corrected chi connectivity index (χ1v) is 6.45. The summed E-state index contributed by atoms with van der Waals surface area (Å²) in [5.41, 5.74) is 2.20. The van der Waals surface area contributed by atoms with Crippen molar-refractivity contribution >= 4 is 0 Å². The molecule has 1 aliphatic heterocycles. The number of allylic oxidation sites excluding steroid dienone is 7. The third kappa shape index (κ3) is 0.758. The minimum Gasteiger partial charge on any atom is -0.366 e. The van der Waals surface area contributed by atoms with Crippen molar-refractivity contribution in [3.63, 3.8) is 0 Å². The summed E-state index contributed by atoms with van der Waals surface area (Å²) in [4.78, 5) is 0. The van der Waals surface area contributed by atoms with Crippen LogP contribution in [0.3, 0.4) is 0 Å². The van der Waals surface area contributed by atoms with Crippen LogP contribution in [0.1, 0.15) is 0 Å². The minimum atomic E-state index is 0.214. The van der Waals surface area contributed by atoms with Gasteiger partial charge >= 0.3 is 0 Å². The molecule has 2 unspecified atom stereocenters. The van der Waals surface area contributed by atoms with Crippen LogP contribution in [-0.4, -0.2) is 12.7 Å². The molecule has 0 saturated heterocycles. The average Bonchev–Trinajstić information content (AvgIpc) is 3.16. The van der Waals surface area contributed by atoms with Gasteiger partial charge in [0.25, 0.3) is 0 Å². The summed E-state index contributed by atoms with van der Waals surface area (Å²) in [5.74, 6) is 1.63. The van der Waals surface area contributed by atoms with Crippen molar-refractivity contribution in [2.45, 2.75) is 6.10 Å². The van der Waals surface area contributed by atoms with Crippen molar-refractivity contribution in [1.82, 2.24) is 0 Å². The first kappa shape index (κ1) is 8.71. The lowest BCUT2D eigenvalue weighted by molar-refractivity contribution is 0.139. The van der Waals surface area contributed by atoms with E-state index in [9.17, 15) is 0 Å². The molecule has 1 heterocycles. The average molecular weight is 222 g/mol. The fourth-order valence-electron chi connectivity index (χ4n) is 4.53. The van der Waals surface area contributed by atoms with E-state index in [0.29, 0.717) is 10.8 Å². The van der Waals surface area contributed by atoms with Crippen LogP contribution in [0.15, 0.2) is 60.3 Å². The predicted octanol–water partition coefficient (Wildman–Crippen LogP) is 2.80. The maximum absolute atomic E-state index is 5.81. The zero-order chi connectivity index (χ0) is 11.1. The first-order valence-electron chi connectivity index (χ1n) is 6.45. The third-order valence-corrected chi connectivity index (χ3v) is 5.24. The number of hydrogen-bond acceptors (Lipinski definition) is 1. The molecule has 6 rings (SSSR count). The van der Waals surface area contributed by atoms with Crippen LogP contribution in [-0.2, 0) is 4.74 Å². The van der Waals surface area contributed by atoms with E-state index in [1.54, 1.807) is 0 Å². The number of fused-ring (bicyclic) bond motifs is 1. The van der Waals surface area contributed by atoms with Crippen LogP contribution in [0.2, 0.25) is 0 Å². The molecule has 1 nitrogen and oxygen atoms in total. The molecular formula is C16H14O. The second-order valence-electron chi connectivity index (χ2n) is 5.77. The second kappa shape index (κ2) is 2.41. The topological polar surface area (TPSA) is 9.23 Å².